The second kappa shape index (κ2) is 7.79. The van der Waals surface area contributed by atoms with E-state index in [0.29, 0.717) is 30.2 Å². The van der Waals surface area contributed by atoms with E-state index < -0.39 is 0 Å². The molecule has 1 atom stereocenters. The molecule has 4 aromatic rings. The minimum Gasteiger partial charge on any atom is -0.380 e. The van der Waals surface area contributed by atoms with Crippen LogP contribution < -0.4 is 0 Å². The number of aromatic nitrogens is 5. The first-order valence-corrected chi connectivity index (χ1v) is 10.3. The summed E-state index contributed by atoms with van der Waals surface area (Å²) in [7, 11) is 3.53. The van der Waals surface area contributed by atoms with E-state index in [2.05, 4.69) is 26.6 Å². The molecule has 1 amide bonds. The van der Waals surface area contributed by atoms with Crippen molar-refractivity contribution in [3.8, 4) is 0 Å². The molecule has 1 aliphatic heterocycles. The summed E-state index contributed by atoms with van der Waals surface area (Å²) in [5.41, 5.74) is 6.17. The Bertz CT molecular complexity index is 1260. The zero-order valence-electron chi connectivity index (χ0n) is 17.2. The SMILES string of the molecule is COCc1ccc2c(c1)C(Cc1c(Cl)cnn1C)N(Cc1ccc3n[nH]nc3c1)C2=O. The third-order valence-corrected chi connectivity index (χ3v) is 6.10. The molecule has 3 heterocycles. The van der Waals surface area contributed by atoms with Gasteiger partial charge >= 0.3 is 0 Å². The lowest BCUT2D eigenvalue weighted by Gasteiger charge is -2.26. The average Bonchev–Trinajstić information content (AvgIpc) is 3.42. The third kappa shape index (κ3) is 3.47. The normalized spacial score (nSPS) is 15.8. The third-order valence-electron chi connectivity index (χ3n) is 5.78. The maximum absolute atomic E-state index is 13.4. The number of carbonyl (C=O) groups excluding carboxylic acids is 1. The second-order valence-corrected chi connectivity index (χ2v) is 8.12. The van der Waals surface area contributed by atoms with Gasteiger partial charge in [-0.25, -0.2) is 0 Å². The predicted molar refractivity (Wildman–Crippen MR) is 116 cm³/mol. The molecule has 9 heteroatoms. The molecule has 0 aliphatic carbocycles. The maximum atomic E-state index is 13.4. The Hall–Kier alpha value is -3.23. The summed E-state index contributed by atoms with van der Waals surface area (Å²) in [5, 5.41) is 15.8. The molecule has 0 radical (unpaired) electrons. The van der Waals surface area contributed by atoms with Gasteiger partial charge in [-0.1, -0.05) is 29.8 Å². The fourth-order valence-corrected chi connectivity index (χ4v) is 4.48. The van der Waals surface area contributed by atoms with Crippen molar-refractivity contribution in [1.29, 1.82) is 0 Å². The van der Waals surface area contributed by atoms with Gasteiger partial charge in [0.1, 0.15) is 11.0 Å². The molecule has 8 nitrogen and oxygen atoms in total. The molecular weight excluding hydrogens is 416 g/mol. The number of methoxy groups -OCH3 is 1. The van der Waals surface area contributed by atoms with Crippen molar-refractivity contribution in [2.75, 3.05) is 7.11 Å². The monoisotopic (exact) mass is 436 g/mol. The topological polar surface area (TPSA) is 88.9 Å². The second-order valence-electron chi connectivity index (χ2n) is 7.72. The quantitative estimate of drug-likeness (QED) is 0.500. The van der Waals surface area contributed by atoms with Crippen molar-refractivity contribution in [1.82, 2.24) is 30.1 Å². The Morgan fingerprint density at radius 2 is 1.94 bits per heavy atom. The Labute approximate surface area is 183 Å². The van der Waals surface area contributed by atoms with Crippen LogP contribution in [0, 0.1) is 0 Å². The number of carbonyl (C=O) groups is 1. The van der Waals surface area contributed by atoms with Gasteiger partial charge in [0.15, 0.2) is 0 Å². The summed E-state index contributed by atoms with van der Waals surface area (Å²) < 4.78 is 7.07. The van der Waals surface area contributed by atoms with Crippen LogP contribution in [0.4, 0.5) is 0 Å². The standard InChI is InChI=1S/C22H21ClN6O2/c1-28-21(17(23)10-24-28)9-20-16-7-14(12-31-2)3-5-15(16)22(30)29(20)11-13-4-6-18-19(8-13)26-27-25-18/h3-8,10,20H,9,11-12H2,1-2H3,(H,25,26,27). The van der Waals surface area contributed by atoms with Gasteiger partial charge < -0.3 is 9.64 Å². The molecule has 1 unspecified atom stereocenters. The first-order valence-electron chi connectivity index (χ1n) is 9.93. The number of nitrogens with zero attached hydrogens (tertiary/aromatic N) is 5. The van der Waals surface area contributed by atoms with Crippen molar-refractivity contribution >= 4 is 28.5 Å². The van der Waals surface area contributed by atoms with E-state index in [-0.39, 0.29) is 11.9 Å². The molecule has 158 valence electrons. The molecule has 1 N–H and O–H groups in total. The van der Waals surface area contributed by atoms with Gasteiger partial charge in [0.2, 0.25) is 0 Å². The molecule has 31 heavy (non-hydrogen) atoms. The largest absolute Gasteiger partial charge is 0.380 e. The zero-order chi connectivity index (χ0) is 21.5. The van der Waals surface area contributed by atoms with E-state index in [0.717, 1.165) is 33.4 Å². The fraction of sp³-hybridized carbons (Fsp3) is 0.273. The van der Waals surface area contributed by atoms with Crippen molar-refractivity contribution in [2.45, 2.75) is 25.6 Å². The Morgan fingerprint density at radius 1 is 1.13 bits per heavy atom. The van der Waals surface area contributed by atoms with E-state index in [1.54, 1.807) is 18.0 Å². The van der Waals surface area contributed by atoms with Gasteiger partial charge in [0, 0.05) is 32.7 Å². The van der Waals surface area contributed by atoms with Crippen LogP contribution in [0.25, 0.3) is 11.0 Å². The average molecular weight is 437 g/mol. The van der Waals surface area contributed by atoms with Crippen LogP contribution in [0.2, 0.25) is 5.02 Å². The number of benzene rings is 2. The first kappa shape index (κ1) is 19.7. The van der Waals surface area contributed by atoms with Crippen molar-refractivity contribution in [3.05, 3.63) is 75.6 Å². The number of H-pyrrole nitrogens is 1. The molecule has 0 saturated heterocycles. The lowest BCUT2D eigenvalue weighted by atomic mass is 9.98. The van der Waals surface area contributed by atoms with E-state index in [1.807, 2.05) is 42.3 Å². The van der Waals surface area contributed by atoms with Crippen LogP contribution in [0.1, 0.15) is 38.8 Å². The van der Waals surface area contributed by atoms with Crippen LogP contribution in [-0.2, 0) is 31.4 Å². The molecule has 1 aliphatic rings. The highest BCUT2D eigenvalue weighted by molar-refractivity contribution is 6.31. The van der Waals surface area contributed by atoms with E-state index in [9.17, 15) is 4.79 Å². The zero-order valence-corrected chi connectivity index (χ0v) is 17.9. The summed E-state index contributed by atoms with van der Waals surface area (Å²) in [4.78, 5) is 15.3. The molecular formula is C22H21ClN6O2. The fourth-order valence-electron chi connectivity index (χ4n) is 4.24. The number of aromatic amines is 1. The minimum atomic E-state index is -0.166. The molecule has 0 saturated carbocycles. The van der Waals surface area contributed by atoms with Crippen LogP contribution >= 0.6 is 11.6 Å². The minimum absolute atomic E-state index is 0.00232. The lowest BCUT2D eigenvalue weighted by molar-refractivity contribution is 0.0708. The maximum Gasteiger partial charge on any atom is 0.255 e. The highest BCUT2D eigenvalue weighted by Gasteiger charge is 2.37. The number of halogens is 1. The van der Waals surface area contributed by atoms with Gasteiger partial charge in [-0.3, -0.25) is 9.48 Å². The van der Waals surface area contributed by atoms with Crippen LogP contribution in [0.3, 0.4) is 0 Å². The highest BCUT2D eigenvalue weighted by Crippen LogP contribution is 2.39. The molecule has 2 aromatic heterocycles. The number of hydrogen-bond donors (Lipinski definition) is 1. The van der Waals surface area contributed by atoms with Gasteiger partial charge in [0.05, 0.1) is 29.6 Å². The number of ether oxygens (including phenoxy) is 1. The lowest BCUT2D eigenvalue weighted by Crippen LogP contribution is -2.29. The van der Waals surface area contributed by atoms with E-state index in [1.165, 1.54) is 0 Å². The number of nitrogens with one attached hydrogen (secondary N) is 1. The Kier molecular flexibility index (Phi) is 4.95. The molecule has 5 rings (SSSR count). The molecule has 2 aromatic carbocycles. The summed E-state index contributed by atoms with van der Waals surface area (Å²) in [6.07, 6.45) is 2.20. The smallest absolute Gasteiger partial charge is 0.255 e. The number of rotatable bonds is 6. The highest BCUT2D eigenvalue weighted by atomic mass is 35.5. The van der Waals surface area contributed by atoms with Crippen LogP contribution in [0.5, 0.6) is 0 Å². The summed E-state index contributed by atoms with van der Waals surface area (Å²) in [6, 6.07) is 11.6. The Balaban J connectivity index is 1.54. The van der Waals surface area contributed by atoms with Crippen LogP contribution in [0.15, 0.2) is 42.6 Å². The van der Waals surface area contributed by atoms with E-state index >= 15 is 0 Å². The molecule has 0 bridgehead atoms. The van der Waals surface area contributed by atoms with E-state index in [4.69, 9.17) is 16.3 Å². The Morgan fingerprint density at radius 3 is 2.71 bits per heavy atom. The van der Waals surface area contributed by atoms with Crippen LogP contribution in [-0.4, -0.2) is 43.1 Å². The summed E-state index contributed by atoms with van der Waals surface area (Å²) >= 11 is 6.40. The van der Waals surface area contributed by atoms with Gasteiger partial charge in [-0.05, 0) is 34.9 Å². The van der Waals surface area contributed by atoms with Gasteiger partial charge in [-0.2, -0.15) is 20.5 Å². The molecule has 0 fully saturated rings. The van der Waals surface area contributed by atoms with Gasteiger partial charge in [0.25, 0.3) is 5.91 Å². The predicted octanol–water partition coefficient (Wildman–Crippen LogP) is 3.43. The van der Waals surface area contributed by atoms with Gasteiger partial charge in [-0.15, -0.1) is 0 Å². The summed E-state index contributed by atoms with van der Waals surface area (Å²) in [5.74, 6) is 0.00232. The van der Waals surface area contributed by atoms with Crippen molar-refractivity contribution in [3.63, 3.8) is 0 Å². The number of fused-ring (bicyclic) bond motifs is 2. The number of aryl methyl sites for hydroxylation is 1. The number of amides is 1. The number of hydrogen-bond acceptors (Lipinski definition) is 5. The van der Waals surface area contributed by atoms with Crippen molar-refractivity contribution in [2.24, 2.45) is 7.05 Å². The molecule has 0 spiro atoms. The first-order chi connectivity index (χ1) is 15.0. The summed E-state index contributed by atoms with van der Waals surface area (Å²) in [6.45, 7) is 0.944. The van der Waals surface area contributed by atoms with Crippen molar-refractivity contribution < 1.29 is 9.53 Å².